The minimum Gasteiger partial charge on any atom is -0.496 e. The first-order chi connectivity index (χ1) is 17.6. The van der Waals surface area contributed by atoms with E-state index < -0.39 is 11.8 Å². The molecule has 0 saturated carbocycles. The van der Waals surface area contributed by atoms with E-state index in [1.54, 1.807) is 43.3 Å². The normalized spacial score (nSPS) is 11.4. The highest BCUT2D eigenvalue weighted by Gasteiger charge is 2.32. The van der Waals surface area contributed by atoms with Crippen molar-refractivity contribution in [2.45, 2.75) is 26.2 Å². The zero-order valence-corrected chi connectivity index (χ0v) is 21.7. The van der Waals surface area contributed by atoms with Gasteiger partial charge in [0.25, 0.3) is 11.6 Å². The molecule has 0 aliphatic heterocycles. The molecule has 0 aliphatic carbocycles. The fourth-order valence-corrected chi connectivity index (χ4v) is 4.65. The number of anilines is 1. The first kappa shape index (κ1) is 26.4. The Morgan fingerprint density at radius 2 is 1.78 bits per heavy atom. The molecule has 3 N–H and O–H groups in total. The number of benzene rings is 3. The Morgan fingerprint density at radius 3 is 2.43 bits per heavy atom. The molecule has 3 aromatic carbocycles. The average Bonchev–Trinajstić information content (AvgIpc) is 3.17. The van der Waals surface area contributed by atoms with Crippen LogP contribution in [-0.2, 0) is 5.92 Å². The van der Waals surface area contributed by atoms with Crippen LogP contribution in [0.25, 0.3) is 22.5 Å². The van der Waals surface area contributed by atoms with Gasteiger partial charge < -0.3 is 15.3 Å². The van der Waals surface area contributed by atoms with Crippen LogP contribution in [0.3, 0.4) is 0 Å². The smallest absolute Gasteiger partial charge is 0.327 e. The summed E-state index contributed by atoms with van der Waals surface area (Å²) in [5.74, 6) is -2.98. The van der Waals surface area contributed by atoms with Crippen molar-refractivity contribution >= 4 is 34.8 Å². The molecule has 192 valence electrons. The fourth-order valence-electron chi connectivity index (χ4n) is 4.05. The number of hydrogen-bond acceptors (Lipinski definition) is 3. The monoisotopic (exact) mass is 546 g/mol. The summed E-state index contributed by atoms with van der Waals surface area (Å²) < 4.78 is 34.4. The lowest BCUT2D eigenvalue weighted by molar-refractivity contribution is -0.896. The molecule has 0 bridgehead atoms. The third-order valence-corrected chi connectivity index (χ3v) is 6.62. The highest BCUT2D eigenvalue weighted by molar-refractivity contribution is 6.39. The molecule has 0 saturated heterocycles. The van der Waals surface area contributed by atoms with E-state index in [1.807, 2.05) is 0 Å². The van der Waals surface area contributed by atoms with Gasteiger partial charge in [0.1, 0.15) is 5.75 Å². The number of nitrogens with zero attached hydrogens (tertiary/aromatic N) is 1. The van der Waals surface area contributed by atoms with Gasteiger partial charge in [-0.2, -0.15) is 0 Å². The summed E-state index contributed by atoms with van der Waals surface area (Å²) in [4.78, 5) is 16.1. The Hall–Kier alpha value is -3.62. The summed E-state index contributed by atoms with van der Waals surface area (Å²) in [6, 6.07) is 15.7. The third-order valence-electron chi connectivity index (χ3n) is 5.99. The van der Waals surface area contributed by atoms with Gasteiger partial charge in [-0.1, -0.05) is 48.3 Å². The molecule has 4 rings (SSSR count). The number of carbonyl (C=O) groups is 1. The molecule has 4 aromatic rings. The second kappa shape index (κ2) is 10.4. The van der Waals surface area contributed by atoms with Crippen molar-refractivity contribution < 1.29 is 28.2 Å². The van der Waals surface area contributed by atoms with Gasteiger partial charge in [0, 0.05) is 35.7 Å². The van der Waals surface area contributed by atoms with E-state index in [1.165, 1.54) is 38.3 Å². The van der Waals surface area contributed by atoms with Crippen molar-refractivity contribution in [2.75, 3.05) is 12.4 Å². The van der Waals surface area contributed by atoms with Crippen LogP contribution in [0.2, 0.25) is 10.0 Å². The van der Waals surface area contributed by atoms with E-state index in [2.05, 4.69) is 10.3 Å². The topological polar surface area (TPSA) is 78.2 Å². The van der Waals surface area contributed by atoms with E-state index in [9.17, 15) is 18.8 Å². The van der Waals surface area contributed by atoms with Gasteiger partial charge in [-0.25, -0.2) is 13.8 Å². The van der Waals surface area contributed by atoms with Gasteiger partial charge in [-0.15, -0.1) is 0 Å². The number of rotatable bonds is 7. The lowest BCUT2D eigenvalue weighted by Crippen LogP contribution is -2.39. The van der Waals surface area contributed by atoms with Gasteiger partial charge in [0.05, 0.1) is 22.7 Å². The number of amides is 1. The number of methoxy groups -OCH3 is 1. The van der Waals surface area contributed by atoms with Gasteiger partial charge in [-0.05, 0) is 47.2 Å². The first-order valence-corrected chi connectivity index (χ1v) is 12.1. The fraction of sp³-hybridized carbons (Fsp3) is 0.185. The maximum atomic E-state index is 14.1. The summed E-state index contributed by atoms with van der Waals surface area (Å²) in [5, 5.41) is 14.4. The number of nitrogens with one attached hydrogen (secondary N) is 2. The Morgan fingerprint density at radius 1 is 1.11 bits per heavy atom. The molecule has 0 unspecified atom stereocenters. The molecular formula is C27H24Cl2F2N3O3+. The van der Waals surface area contributed by atoms with Gasteiger partial charge in [-0.3, -0.25) is 4.79 Å². The molecule has 0 atom stereocenters. The van der Waals surface area contributed by atoms with Crippen molar-refractivity contribution in [2.24, 2.45) is 0 Å². The molecule has 1 aromatic heterocycles. The van der Waals surface area contributed by atoms with Crippen molar-refractivity contribution in [1.29, 1.82) is 0 Å². The number of aromatic amines is 1. The Bertz CT molecular complexity index is 1470. The highest BCUT2D eigenvalue weighted by Crippen LogP contribution is 2.41. The maximum absolute atomic E-state index is 14.1. The zero-order chi connectivity index (χ0) is 26.9. The first-order valence-electron chi connectivity index (χ1n) is 11.3. The number of imidazole rings is 1. The van der Waals surface area contributed by atoms with Crippen LogP contribution < -0.4 is 14.8 Å². The summed E-state index contributed by atoms with van der Waals surface area (Å²) in [6.07, 6.45) is -0.370. The van der Waals surface area contributed by atoms with Crippen molar-refractivity contribution in [3.63, 3.8) is 0 Å². The number of carbonyl (C=O) groups excluding carboxylic acids is 1. The second-order valence-corrected chi connectivity index (χ2v) is 9.18. The van der Waals surface area contributed by atoms with E-state index in [4.69, 9.17) is 27.9 Å². The van der Waals surface area contributed by atoms with Crippen LogP contribution in [0, 0.1) is 6.92 Å². The molecule has 1 heterocycles. The highest BCUT2D eigenvalue weighted by atomic mass is 35.5. The molecular weight excluding hydrogens is 523 g/mol. The quantitative estimate of drug-likeness (QED) is 0.169. The lowest BCUT2D eigenvalue weighted by Gasteiger charge is -2.15. The number of aromatic nitrogens is 2. The lowest BCUT2D eigenvalue weighted by atomic mass is 10.0. The van der Waals surface area contributed by atoms with Crippen LogP contribution in [-0.4, -0.2) is 23.2 Å². The van der Waals surface area contributed by atoms with E-state index in [0.29, 0.717) is 38.2 Å². The predicted octanol–water partition coefficient (Wildman–Crippen LogP) is 7.25. The molecule has 0 fully saturated rings. The van der Waals surface area contributed by atoms with Crippen LogP contribution in [0.1, 0.15) is 35.1 Å². The largest absolute Gasteiger partial charge is 0.496 e. The number of H-pyrrole nitrogens is 1. The van der Waals surface area contributed by atoms with Crippen molar-refractivity contribution in [3.8, 4) is 28.3 Å². The number of ether oxygens (including phenoxy) is 1. The van der Waals surface area contributed by atoms with Crippen LogP contribution in [0.4, 0.5) is 14.5 Å². The second-order valence-electron chi connectivity index (χ2n) is 8.36. The average molecular weight is 547 g/mol. The summed E-state index contributed by atoms with van der Waals surface area (Å²) in [5.41, 5.74) is 1.90. The number of hydrogen-bond donors (Lipinski definition) is 3. The summed E-state index contributed by atoms with van der Waals surface area (Å²) >= 11 is 12.8. The Balaban J connectivity index is 1.72. The van der Waals surface area contributed by atoms with E-state index in [0.717, 1.165) is 4.73 Å². The Kier molecular flexibility index (Phi) is 7.43. The molecule has 37 heavy (non-hydrogen) atoms. The van der Waals surface area contributed by atoms with Gasteiger partial charge in [0.15, 0.2) is 5.69 Å². The molecule has 0 aliphatic rings. The number of alkyl halides is 2. The SMILES string of the molecule is CCC(F)(F)c1cccc(NC(=O)c2c(C)[nH]c(-c3ccc(OC)c(-c4c(Cl)cccc4Cl)c3)[n+]2O)c1. The molecule has 6 nitrogen and oxygen atoms in total. The third kappa shape index (κ3) is 5.12. The van der Waals surface area contributed by atoms with E-state index >= 15 is 0 Å². The number of aryl methyl sites for hydroxylation is 1. The van der Waals surface area contributed by atoms with Crippen LogP contribution in [0.15, 0.2) is 60.7 Å². The van der Waals surface area contributed by atoms with Gasteiger partial charge >= 0.3 is 11.7 Å². The maximum Gasteiger partial charge on any atom is 0.327 e. The predicted molar refractivity (Wildman–Crippen MR) is 139 cm³/mol. The zero-order valence-electron chi connectivity index (χ0n) is 20.2. The number of halogens is 4. The summed E-state index contributed by atoms with van der Waals surface area (Å²) in [7, 11) is 1.52. The Labute approximate surface area is 222 Å². The van der Waals surface area contributed by atoms with Crippen molar-refractivity contribution in [1.82, 2.24) is 4.98 Å². The molecule has 0 spiro atoms. The minimum absolute atomic E-state index is 0.0872. The van der Waals surface area contributed by atoms with E-state index in [-0.39, 0.29) is 29.2 Å². The van der Waals surface area contributed by atoms with Crippen LogP contribution in [0.5, 0.6) is 5.75 Å². The van der Waals surface area contributed by atoms with Crippen molar-refractivity contribution in [3.05, 3.63) is 87.7 Å². The summed E-state index contributed by atoms with van der Waals surface area (Å²) in [6.45, 7) is 3.00. The standard InChI is InChI=1S/C27H23Cl2F2N3O3/c1-4-27(30,31)17-7-5-8-18(14-17)33-26(35)24-15(2)32-25(34(24)36)16-11-12-22(37-3)19(13-16)23-20(28)9-6-10-21(23)29/h5-14,36H,4H2,1-3H3,(H,33,35)/p+1. The minimum atomic E-state index is -3.02. The molecule has 0 radical (unpaired) electrons. The van der Waals surface area contributed by atoms with Crippen LogP contribution >= 0.6 is 23.2 Å². The molecule has 10 heteroatoms. The van der Waals surface area contributed by atoms with Gasteiger partial charge in [0.2, 0.25) is 0 Å². The molecule has 1 amide bonds.